The van der Waals surface area contributed by atoms with Crippen LogP contribution in [0.4, 0.5) is 21.9 Å². The van der Waals surface area contributed by atoms with Crippen molar-refractivity contribution in [3.05, 3.63) is 53.6 Å². The molecule has 7 heteroatoms. The summed E-state index contributed by atoms with van der Waals surface area (Å²) in [5, 5.41) is 10.8. The van der Waals surface area contributed by atoms with Crippen molar-refractivity contribution in [2.24, 2.45) is 5.92 Å². The van der Waals surface area contributed by atoms with Crippen molar-refractivity contribution in [1.29, 1.82) is 0 Å². The topological polar surface area (TPSA) is 99.3 Å². The highest BCUT2D eigenvalue weighted by molar-refractivity contribution is 5.99. The lowest BCUT2D eigenvalue weighted by Gasteiger charge is -2.12. The average molecular weight is 380 g/mol. The Labute approximate surface area is 163 Å². The standard InChI is InChI=1S/C21H24N4O3/c1-13-4-3-5-16(10-13)24-21(28)22-12-19(26)25-18-11-17(9-6-14(18)2)23-20(27)15-7-8-15/h3-6,9-11,15H,7-8,12H2,1-2H3,(H,23,27)(H,25,26)(H2,22,24,28). The average Bonchev–Trinajstić information content (AvgIpc) is 3.48. The van der Waals surface area contributed by atoms with E-state index >= 15 is 0 Å². The SMILES string of the molecule is Cc1cccc(NC(=O)NCC(=O)Nc2cc(NC(=O)C3CC3)ccc2C)c1. The summed E-state index contributed by atoms with van der Waals surface area (Å²) in [4.78, 5) is 36.0. The maximum Gasteiger partial charge on any atom is 0.319 e. The lowest BCUT2D eigenvalue weighted by molar-refractivity contribution is -0.117. The van der Waals surface area contributed by atoms with Crippen molar-refractivity contribution >= 4 is 34.9 Å². The molecule has 2 aromatic rings. The zero-order valence-electron chi connectivity index (χ0n) is 16.0. The molecule has 1 fully saturated rings. The Bertz CT molecular complexity index is 906. The molecule has 1 saturated carbocycles. The van der Waals surface area contributed by atoms with Crippen molar-refractivity contribution in [2.75, 3.05) is 22.5 Å². The lowest BCUT2D eigenvalue weighted by Crippen LogP contribution is -2.35. The maximum atomic E-state index is 12.2. The molecule has 0 aromatic heterocycles. The fraction of sp³-hybridized carbons (Fsp3) is 0.286. The lowest BCUT2D eigenvalue weighted by atomic mass is 10.1. The van der Waals surface area contributed by atoms with Gasteiger partial charge >= 0.3 is 6.03 Å². The largest absolute Gasteiger partial charge is 0.329 e. The van der Waals surface area contributed by atoms with Crippen molar-refractivity contribution in [3.8, 4) is 0 Å². The van der Waals surface area contributed by atoms with Crippen molar-refractivity contribution in [1.82, 2.24) is 5.32 Å². The fourth-order valence-electron chi connectivity index (χ4n) is 2.68. The number of benzene rings is 2. The first kappa shape index (κ1) is 19.4. The maximum absolute atomic E-state index is 12.2. The van der Waals surface area contributed by atoms with Crippen LogP contribution in [-0.2, 0) is 9.59 Å². The minimum absolute atomic E-state index is 0.00983. The van der Waals surface area contributed by atoms with E-state index in [1.54, 1.807) is 18.2 Å². The molecule has 0 saturated heterocycles. The van der Waals surface area contributed by atoms with E-state index < -0.39 is 6.03 Å². The van der Waals surface area contributed by atoms with Crippen LogP contribution in [0.25, 0.3) is 0 Å². The van der Waals surface area contributed by atoms with Crippen LogP contribution in [0, 0.1) is 19.8 Å². The van der Waals surface area contributed by atoms with E-state index in [2.05, 4.69) is 21.3 Å². The van der Waals surface area contributed by atoms with Gasteiger partial charge in [-0.25, -0.2) is 4.79 Å². The van der Waals surface area contributed by atoms with Crippen LogP contribution < -0.4 is 21.3 Å². The Hall–Kier alpha value is -3.35. The summed E-state index contributed by atoms with van der Waals surface area (Å²) in [6, 6.07) is 12.3. The highest BCUT2D eigenvalue weighted by Crippen LogP contribution is 2.30. The second-order valence-corrected chi connectivity index (χ2v) is 7.02. The second-order valence-electron chi connectivity index (χ2n) is 7.02. The van der Waals surface area contributed by atoms with Crippen LogP contribution in [0.5, 0.6) is 0 Å². The van der Waals surface area contributed by atoms with Crippen molar-refractivity contribution in [2.45, 2.75) is 26.7 Å². The highest BCUT2D eigenvalue weighted by atomic mass is 16.2. The summed E-state index contributed by atoms with van der Waals surface area (Å²) in [6.45, 7) is 3.62. The van der Waals surface area contributed by atoms with Crippen LogP contribution in [0.15, 0.2) is 42.5 Å². The van der Waals surface area contributed by atoms with Gasteiger partial charge in [-0.2, -0.15) is 0 Å². The molecule has 0 unspecified atom stereocenters. The smallest absolute Gasteiger partial charge is 0.319 e. The molecular formula is C21H24N4O3. The number of rotatable bonds is 6. The minimum Gasteiger partial charge on any atom is -0.329 e. The number of nitrogens with one attached hydrogen (secondary N) is 4. The van der Waals surface area contributed by atoms with E-state index in [0.29, 0.717) is 17.1 Å². The molecule has 146 valence electrons. The van der Waals surface area contributed by atoms with E-state index in [-0.39, 0.29) is 24.3 Å². The predicted molar refractivity (Wildman–Crippen MR) is 109 cm³/mol. The van der Waals surface area contributed by atoms with E-state index in [9.17, 15) is 14.4 Å². The van der Waals surface area contributed by atoms with Gasteiger partial charge in [0.15, 0.2) is 0 Å². The fourth-order valence-corrected chi connectivity index (χ4v) is 2.68. The molecule has 0 heterocycles. The first-order valence-electron chi connectivity index (χ1n) is 9.23. The number of aryl methyl sites for hydroxylation is 2. The Balaban J connectivity index is 1.51. The summed E-state index contributed by atoms with van der Waals surface area (Å²) >= 11 is 0. The molecule has 1 aliphatic rings. The van der Waals surface area contributed by atoms with Gasteiger partial charge in [0, 0.05) is 23.0 Å². The van der Waals surface area contributed by atoms with Gasteiger partial charge in [0.2, 0.25) is 11.8 Å². The Morgan fingerprint density at radius 3 is 2.39 bits per heavy atom. The molecule has 0 radical (unpaired) electrons. The van der Waals surface area contributed by atoms with Gasteiger partial charge in [0.25, 0.3) is 0 Å². The van der Waals surface area contributed by atoms with Crippen LogP contribution >= 0.6 is 0 Å². The number of amides is 4. The third-order valence-corrected chi connectivity index (χ3v) is 4.41. The van der Waals surface area contributed by atoms with Crippen LogP contribution in [0.3, 0.4) is 0 Å². The third kappa shape index (κ3) is 5.57. The van der Waals surface area contributed by atoms with E-state index in [1.165, 1.54) is 0 Å². The normalized spacial score (nSPS) is 12.8. The van der Waals surface area contributed by atoms with Gasteiger partial charge < -0.3 is 21.3 Å². The molecule has 28 heavy (non-hydrogen) atoms. The molecule has 4 N–H and O–H groups in total. The number of hydrogen-bond acceptors (Lipinski definition) is 3. The summed E-state index contributed by atoms with van der Waals surface area (Å²) in [5.41, 5.74) is 3.79. The number of carbonyl (C=O) groups excluding carboxylic acids is 3. The van der Waals surface area contributed by atoms with Crippen molar-refractivity contribution in [3.63, 3.8) is 0 Å². The van der Waals surface area contributed by atoms with Crippen LogP contribution in [0.2, 0.25) is 0 Å². The Morgan fingerprint density at radius 2 is 1.68 bits per heavy atom. The summed E-state index contributed by atoms with van der Waals surface area (Å²) in [6.07, 6.45) is 1.86. The highest BCUT2D eigenvalue weighted by Gasteiger charge is 2.29. The molecule has 2 aromatic carbocycles. The summed E-state index contributed by atoms with van der Waals surface area (Å²) < 4.78 is 0. The van der Waals surface area contributed by atoms with Gasteiger partial charge in [-0.05, 0) is 62.1 Å². The molecule has 1 aliphatic carbocycles. The monoisotopic (exact) mass is 380 g/mol. The van der Waals surface area contributed by atoms with Gasteiger partial charge in [-0.15, -0.1) is 0 Å². The second kappa shape index (κ2) is 8.56. The first-order valence-corrected chi connectivity index (χ1v) is 9.23. The number of urea groups is 1. The first-order chi connectivity index (χ1) is 13.4. The van der Waals surface area contributed by atoms with Gasteiger partial charge in [-0.3, -0.25) is 9.59 Å². The Morgan fingerprint density at radius 1 is 0.929 bits per heavy atom. The van der Waals surface area contributed by atoms with E-state index in [1.807, 2.05) is 38.1 Å². The minimum atomic E-state index is -0.456. The molecule has 7 nitrogen and oxygen atoms in total. The summed E-state index contributed by atoms with van der Waals surface area (Å²) in [7, 11) is 0. The zero-order chi connectivity index (χ0) is 20.1. The van der Waals surface area contributed by atoms with Gasteiger partial charge in [0.05, 0.1) is 6.54 Å². The molecule has 0 atom stereocenters. The van der Waals surface area contributed by atoms with Gasteiger partial charge in [-0.1, -0.05) is 18.2 Å². The Kier molecular flexibility index (Phi) is 5.93. The molecule has 0 bridgehead atoms. The zero-order valence-corrected chi connectivity index (χ0v) is 16.0. The molecule has 0 aliphatic heterocycles. The quantitative estimate of drug-likeness (QED) is 0.618. The third-order valence-electron chi connectivity index (χ3n) is 4.41. The summed E-state index contributed by atoms with van der Waals surface area (Å²) in [5.74, 6) is -0.237. The van der Waals surface area contributed by atoms with Crippen molar-refractivity contribution < 1.29 is 14.4 Å². The molecule has 3 rings (SSSR count). The van der Waals surface area contributed by atoms with Gasteiger partial charge in [0.1, 0.15) is 0 Å². The van der Waals surface area contributed by atoms with E-state index in [0.717, 1.165) is 24.0 Å². The predicted octanol–water partition coefficient (Wildman–Crippen LogP) is 3.41. The number of anilines is 3. The molecular weight excluding hydrogens is 356 g/mol. The van der Waals surface area contributed by atoms with E-state index in [4.69, 9.17) is 0 Å². The molecule has 0 spiro atoms. The van der Waals surface area contributed by atoms with Crippen LogP contribution in [0.1, 0.15) is 24.0 Å². The number of hydrogen-bond donors (Lipinski definition) is 4. The number of carbonyl (C=O) groups is 3. The van der Waals surface area contributed by atoms with Crippen LogP contribution in [-0.4, -0.2) is 24.4 Å². The molecule has 4 amide bonds.